The summed E-state index contributed by atoms with van der Waals surface area (Å²) in [5, 5.41) is 44.9. The molecule has 0 aliphatic carbocycles. The normalized spacial score (nSPS) is 11.7. The van der Waals surface area contributed by atoms with Gasteiger partial charge >= 0.3 is 0 Å². The average molecular weight is 1400 g/mol. The number of hydrogen-bond acceptors (Lipinski definition) is 12. The van der Waals surface area contributed by atoms with E-state index >= 15 is 0 Å². The Balaban J connectivity index is 0.000000104. The van der Waals surface area contributed by atoms with E-state index in [1.165, 1.54) is 70.2 Å². The molecule has 15 nitrogen and oxygen atoms in total. The molecule has 0 aliphatic heterocycles. The molecule has 109 heavy (non-hydrogen) atoms. The molecule has 0 saturated heterocycles. The Kier molecular flexibility index (Phi) is 14.8. The van der Waals surface area contributed by atoms with Crippen molar-refractivity contribution in [3.63, 3.8) is 0 Å². The molecule has 23 aromatic rings. The fraction of sp³-hybridized carbons (Fsp3) is 0. The zero-order chi connectivity index (χ0) is 71.9. The van der Waals surface area contributed by atoms with Crippen molar-refractivity contribution in [2.75, 3.05) is 0 Å². The molecule has 15 heteroatoms. The quantitative estimate of drug-likeness (QED) is 0.148. The van der Waals surface area contributed by atoms with E-state index in [-0.39, 0.29) is 0 Å². The minimum atomic E-state index is 0.671. The third kappa shape index (κ3) is 10.6. The molecule has 0 unspecified atom stereocenters. The molecule has 14 aromatic carbocycles. The van der Waals surface area contributed by atoms with Crippen molar-refractivity contribution < 1.29 is 0 Å². The summed E-state index contributed by atoms with van der Waals surface area (Å²) >= 11 is 0. The summed E-state index contributed by atoms with van der Waals surface area (Å²) in [6, 6.07) is 107. The van der Waals surface area contributed by atoms with Gasteiger partial charge in [-0.1, -0.05) is 249 Å². The summed E-state index contributed by atoms with van der Waals surface area (Å²) in [7, 11) is 0. The first kappa shape index (κ1) is 62.4. The summed E-state index contributed by atoms with van der Waals surface area (Å²) in [4.78, 5) is 28.4. The van der Waals surface area contributed by atoms with Crippen molar-refractivity contribution in [2.24, 2.45) is 0 Å². The highest BCUT2D eigenvalue weighted by Gasteiger charge is 2.25. The van der Waals surface area contributed by atoms with Crippen molar-refractivity contribution >= 4 is 142 Å². The van der Waals surface area contributed by atoms with E-state index in [4.69, 9.17) is 50.4 Å². The van der Waals surface area contributed by atoms with Crippen LogP contribution in [0.25, 0.3) is 204 Å². The highest BCUT2D eigenvalue weighted by Crippen LogP contribution is 2.42. The number of hydrogen-bond donors (Lipinski definition) is 0. The maximum atomic E-state index is 4.80. The van der Waals surface area contributed by atoms with Crippen LogP contribution in [-0.4, -0.2) is 74.2 Å². The molecule has 508 valence electrons. The molecule has 0 atom stereocenters. The summed E-state index contributed by atoms with van der Waals surface area (Å²) in [6.07, 6.45) is 10.3. The summed E-state index contributed by atoms with van der Waals surface area (Å²) in [5.41, 5.74) is 18.1. The Labute approximate surface area is 621 Å². The third-order valence-electron chi connectivity index (χ3n) is 20.7. The van der Waals surface area contributed by atoms with Crippen LogP contribution in [0.1, 0.15) is 0 Å². The number of para-hydroxylation sites is 3. The Hall–Kier alpha value is -15.2. The molecule has 0 amide bonds. The Bertz CT molecular complexity index is 7570. The van der Waals surface area contributed by atoms with Gasteiger partial charge in [0.25, 0.3) is 0 Å². The SMILES string of the molecule is c1ccc(-c2ccc(-c3nnc(-n4c5ccccc5c5cc6ccccc6cc54)c4nccnc34)cc2)cc1.c1ccc(-c2nnc(-n3c4ccccc4c4cc5ccccc5cc43)c3nccnc23)cc1.c1ccc2cc(-c3nnc(-n4c5ccccc5c5cc6ccccc6cc54)c4nccnc34)ccc2c1. The van der Waals surface area contributed by atoms with Gasteiger partial charge in [0.05, 0.1) is 33.1 Å². The minimum Gasteiger partial charge on any atom is -0.290 e. The first-order chi connectivity index (χ1) is 54.1. The van der Waals surface area contributed by atoms with Crippen LogP contribution in [0.2, 0.25) is 0 Å². The molecular weight excluding hydrogens is 1340 g/mol. The first-order valence-corrected chi connectivity index (χ1v) is 36.0. The van der Waals surface area contributed by atoms with Gasteiger partial charge in [0, 0.05) is 86.2 Å². The van der Waals surface area contributed by atoms with E-state index in [0.717, 1.165) is 105 Å². The van der Waals surface area contributed by atoms with Gasteiger partial charge in [0.2, 0.25) is 0 Å². The van der Waals surface area contributed by atoms with E-state index in [2.05, 4.69) is 273 Å². The van der Waals surface area contributed by atoms with Crippen molar-refractivity contribution in [2.45, 2.75) is 0 Å². The van der Waals surface area contributed by atoms with E-state index < -0.39 is 0 Å². The van der Waals surface area contributed by atoms with Crippen LogP contribution in [0.4, 0.5) is 0 Å². The zero-order valence-electron chi connectivity index (χ0n) is 58.1. The maximum Gasteiger partial charge on any atom is 0.188 e. The lowest BCUT2D eigenvalue weighted by atomic mass is 10.0. The molecule has 23 rings (SSSR count). The number of aromatic nitrogens is 15. The van der Waals surface area contributed by atoms with Crippen LogP contribution in [0.5, 0.6) is 0 Å². The van der Waals surface area contributed by atoms with E-state index in [1.54, 1.807) is 37.2 Å². The standard InChI is InChI=1S/C34H21N5.C32H19N5.C28H17N5/c1-2-8-22(9-3-1)23-14-16-24(17-15-23)31-32-33(36-19-18-35-32)34(38-37-31)39-29-13-7-6-12-27(29)28-20-25-10-4-5-11-26(25)21-30(28)39;1-2-8-21-17-24(14-13-20(21)7-1)29-30-31(34-16-15-33-30)32(36-35-29)37-27-12-6-5-11-25(27)26-18-22-9-3-4-10-23(22)19-28(26)37;1-2-8-18(9-3-1)25-26-27(30-15-14-29-26)28(32-31-25)33-23-13-7-6-12-21(23)22-16-19-10-4-5-11-20(19)17-24(22)33/h1-21H;1-19H;1-17H. The summed E-state index contributed by atoms with van der Waals surface area (Å²) < 4.78 is 6.50. The molecule has 9 heterocycles. The van der Waals surface area contributed by atoms with Gasteiger partial charge in [-0.2, -0.15) is 0 Å². The monoisotopic (exact) mass is 1400 g/mol. The van der Waals surface area contributed by atoms with Gasteiger partial charge in [-0.3, -0.25) is 28.7 Å². The van der Waals surface area contributed by atoms with Gasteiger partial charge in [-0.05, 0) is 115 Å². The van der Waals surface area contributed by atoms with Crippen LogP contribution < -0.4 is 0 Å². The fourth-order valence-corrected chi connectivity index (χ4v) is 15.7. The second kappa shape index (κ2) is 25.9. The molecule has 0 saturated carbocycles. The predicted octanol–water partition coefficient (Wildman–Crippen LogP) is 21.8. The fourth-order valence-electron chi connectivity index (χ4n) is 15.7. The molecule has 0 aliphatic rings. The topological polar surface area (TPSA) is 169 Å². The third-order valence-corrected chi connectivity index (χ3v) is 20.7. The lowest BCUT2D eigenvalue weighted by molar-refractivity contribution is 0.965. The predicted molar refractivity (Wildman–Crippen MR) is 440 cm³/mol. The Morgan fingerprint density at radius 1 is 0.165 bits per heavy atom. The van der Waals surface area contributed by atoms with Crippen molar-refractivity contribution in [1.29, 1.82) is 0 Å². The lowest BCUT2D eigenvalue weighted by Crippen LogP contribution is -2.04. The van der Waals surface area contributed by atoms with Crippen LogP contribution in [-0.2, 0) is 0 Å². The van der Waals surface area contributed by atoms with Gasteiger partial charge in [-0.25, -0.2) is 15.0 Å². The van der Waals surface area contributed by atoms with Crippen molar-refractivity contribution in [3.05, 3.63) is 347 Å². The highest BCUT2D eigenvalue weighted by atomic mass is 15.2. The van der Waals surface area contributed by atoms with Gasteiger partial charge in [0.1, 0.15) is 50.2 Å². The number of fused-ring (bicyclic) bond motifs is 16. The second-order valence-electron chi connectivity index (χ2n) is 27.0. The van der Waals surface area contributed by atoms with Crippen molar-refractivity contribution in [3.8, 4) is 62.4 Å². The van der Waals surface area contributed by atoms with Gasteiger partial charge in [0.15, 0.2) is 17.5 Å². The van der Waals surface area contributed by atoms with E-state index in [9.17, 15) is 0 Å². The maximum absolute atomic E-state index is 4.80. The zero-order valence-corrected chi connectivity index (χ0v) is 58.1. The van der Waals surface area contributed by atoms with Crippen LogP contribution in [0, 0.1) is 0 Å². The second-order valence-corrected chi connectivity index (χ2v) is 27.0. The Morgan fingerprint density at radius 2 is 0.431 bits per heavy atom. The first-order valence-electron chi connectivity index (χ1n) is 36.0. The molecule has 0 N–H and O–H groups in total. The Morgan fingerprint density at radius 3 is 0.817 bits per heavy atom. The lowest BCUT2D eigenvalue weighted by Gasteiger charge is -2.11. The number of rotatable bonds is 7. The molecule has 0 fully saturated rings. The highest BCUT2D eigenvalue weighted by molar-refractivity contribution is 6.17. The van der Waals surface area contributed by atoms with Crippen LogP contribution in [0.15, 0.2) is 347 Å². The molecule has 0 spiro atoms. The number of benzene rings is 14. The van der Waals surface area contributed by atoms with Crippen LogP contribution >= 0.6 is 0 Å². The van der Waals surface area contributed by atoms with Gasteiger partial charge in [-0.15, -0.1) is 30.6 Å². The van der Waals surface area contributed by atoms with Gasteiger partial charge < -0.3 is 0 Å². The largest absolute Gasteiger partial charge is 0.290 e. The molecule has 0 radical (unpaired) electrons. The van der Waals surface area contributed by atoms with E-state index in [1.807, 2.05) is 60.7 Å². The van der Waals surface area contributed by atoms with E-state index in [0.29, 0.717) is 28.7 Å². The van der Waals surface area contributed by atoms with Crippen LogP contribution in [0.3, 0.4) is 0 Å². The smallest absolute Gasteiger partial charge is 0.188 e. The molecule has 9 aromatic heterocycles. The number of nitrogens with zero attached hydrogens (tertiary/aromatic N) is 15. The van der Waals surface area contributed by atoms with Crippen molar-refractivity contribution in [1.82, 2.24) is 74.2 Å². The minimum absolute atomic E-state index is 0.671. The summed E-state index contributed by atoms with van der Waals surface area (Å²) in [5.74, 6) is 2.03. The molecular formula is C94H57N15. The molecule has 0 bridgehead atoms. The summed E-state index contributed by atoms with van der Waals surface area (Å²) in [6.45, 7) is 0. The average Bonchev–Trinajstić information content (AvgIpc) is 1.35.